The summed E-state index contributed by atoms with van der Waals surface area (Å²) >= 11 is 0. The van der Waals surface area contributed by atoms with Crippen molar-refractivity contribution in [3.8, 4) is 0 Å². The number of esters is 1. The Bertz CT molecular complexity index is 1220. The lowest BCUT2D eigenvalue weighted by Gasteiger charge is -2.22. The fraction of sp³-hybridized carbons (Fsp3) is 0.917. The van der Waals surface area contributed by atoms with Crippen LogP contribution in [0.3, 0.4) is 0 Å². The zero-order valence-corrected chi connectivity index (χ0v) is 52.9. The third-order valence-corrected chi connectivity index (χ3v) is 16.7. The van der Waals surface area contributed by atoms with Gasteiger partial charge < -0.3 is 20.3 Å². The van der Waals surface area contributed by atoms with E-state index >= 15 is 0 Å². The van der Waals surface area contributed by atoms with E-state index in [9.17, 15) is 19.8 Å². The summed E-state index contributed by atoms with van der Waals surface area (Å²) in [7, 11) is 0. The molecule has 462 valence electrons. The van der Waals surface area contributed by atoms with E-state index in [0.29, 0.717) is 25.9 Å². The molecular weight excluding hydrogens is 959 g/mol. The molecule has 0 rings (SSSR count). The van der Waals surface area contributed by atoms with Gasteiger partial charge in [0.2, 0.25) is 5.91 Å². The average molecular weight is 1100 g/mol. The van der Waals surface area contributed by atoms with Crippen molar-refractivity contribution in [3.05, 3.63) is 24.3 Å². The zero-order chi connectivity index (χ0) is 56.4. The second-order valence-corrected chi connectivity index (χ2v) is 24.6. The van der Waals surface area contributed by atoms with E-state index in [1.165, 1.54) is 321 Å². The first-order valence-corrected chi connectivity index (χ1v) is 35.6. The van der Waals surface area contributed by atoms with Gasteiger partial charge in [0.05, 0.1) is 25.4 Å². The van der Waals surface area contributed by atoms with Crippen LogP contribution in [0, 0.1) is 0 Å². The van der Waals surface area contributed by atoms with Crippen LogP contribution in [0.25, 0.3) is 0 Å². The molecule has 0 saturated carbocycles. The van der Waals surface area contributed by atoms with Gasteiger partial charge in [0.15, 0.2) is 0 Å². The quantitative estimate of drug-likeness (QED) is 0.0320. The smallest absolute Gasteiger partial charge is 0.305 e. The molecule has 6 heteroatoms. The first-order valence-electron chi connectivity index (χ1n) is 35.6. The number of amides is 1. The number of rotatable bonds is 67. The van der Waals surface area contributed by atoms with Gasteiger partial charge >= 0.3 is 5.97 Å². The first-order chi connectivity index (χ1) is 38.5. The van der Waals surface area contributed by atoms with Crippen molar-refractivity contribution in [2.24, 2.45) is 0 Å². The summed E-state index contributed by atoms with van der Waals surface area (Å²) in [5.41, 5.74) is 0. The third kappa shape index (κ3) is 63.5. The molecule has 1 amide bonds. The molecule has 0 heterocycles. The lowest BCUT2D eigenvalue weighted by Crippen LogP contribution is -2.45. The largest absolute Gasteiger partial charge is 0.466 e. The standard InChI is InChI=1S/C72H139NO5/c1-3-5-7-9-11-13-15-17-19-38-42-46-50-54-58-62-66-72(77)78-67-63-59-55-51-47-43-39-36-34-32-30-28-26-24-22-20-21-23-25-27-29-31-33-35-37-41-45-49-53-57-61-65-71(76)73-69(68-74)70(75)64-60-56-52-48-44-40-18-16-14-12-10-8-6-4-2/h19,22,24,38,69-70,74-75H,3-18,20-21,23,25-37,39-68H2,1-2H3,(H,73,76)/b24-22-,38-19-. The lowest BCUT2D eigenvalue weighted by atomic mass is 10.0. The second kappa shape index (κ2) is 67.8. The van der Waals surface area contributed by atoms with E-state index in [-0.39, 0.29) is 18.5 Å². The molecule has 0 fully saturated rings. The van der Waals surface area contributed by atoms with Crippen LogP contribution in [0.15, 0.2) is 24.3 Å². The molecule has 0 spiro atoms. The molecule has 0 aromatic heterocycles. The Morgan fingerprint density at radius 1 is 0.346 bits per heavy atom. The second-order valence-electron chi connectivity index (χ2n) is 24.6. The molecule has 0 saturated heterocycles. The number of hydrogen-bond acceptors (Lipinski definition) is 5. The Kier molecular flexibility index (Phi) is 66.4. The fourth-order valence-electron chi connectivity index (χ4n) is 11.3. The van der Waals surface area contributed by atoms with Gasteiger partial charge in [-0.05, 0) is 77.0 Å². The average Bonchev–Trinajstić information content (AvgIpc) is 3.44. The van der Waals surface area contributed by atoms with Gasteiger partial charge in [-0.15, -0.1) is 0 Å². The lowest BCUT2D eigenvalue weighted by molar-refractivity contribution is -0.143. The molecule has 0 aromatic rings. The van der Waals surface area contributed by atoms with Crippen molar-refractivity contribution in [3.63, 3.8) is 0 Å². The summed E-state index contributed by atoms with van der Waals surface area (Å²) in [5.74, 6) is -0.0195. The molecular formula is C72H139NO5. The van der Waals surface area contributed by atoms with E-state index in [4.69, 9.17) is 4.74 Å². The van der Waals surface area contributed by atoms with Crippen LogP contribution in [0.2, 0.25) is 0 Å². The Morgan fingerprint density at radius 3 is 0.910 bits per heavy atom. The van der Waals surface area contributed by atoms with Gasteiger partial charge in [-0.1, -0.05) is 334 Å². The van der Waals surface area contributed by atoms with E-state index in [2.05, 4.69) is 43.5 Å². The molecule has 0 aliphatic carbocycles. The summed E-state index contributed by atoms with van der Waals surface area (Å²) in [6.07, 6.45) is 85.2. The molecule has 0 aromatic carbocycles. The molecule has 78 heavy (non-hydrogen) atoms. The number of carbonyl (C=O) groups is 2. The Balaban J connectivity index is 3.34. The van der Waals surface area contributed by atoms with Gasteiger partial charge in [-0.2, -0.15) is 0 Å². The van der Waals surface area contributed by atoms with Crippen molar-refractivity contribution in [1.29, 1.82) is 0 Å². The van der Waals surface area contributed by atoms with Crippen LogP contribution < -0.4 is 5.32 Å². The van der Waals surface area contributed by atoms with Crippen molar-refractivity contribution < 1.29 is 24.5 Å². The molecule has 0 bridgehead atoms. The number of carbonyl (C=O) groups excluding carboxylic acids is 2. The maximum absolute atomic E-state index is 12.5. The fourth-order valence-corrected chi connectivity index (χ4v) is 11.3. The van der Waals surface area contributed by atoms with Crippen molar-refractivity contribution in [2.75, 3.05) is 13.2 Å². The summed E-state index contributed by atoms with van der Waals surface area (Å²) in [6, 6.07) is -0.539. The number of allylic oxidation sites excluding steroid dienone is 4. The normalized spacial score (nSPS) is 12.6. The predicted molar refractivity (Wildman–Crippen MR) is 343 cm³/mol. The molecule has 0 aliphatic rings. The van der Waals surface area contributed by atoms with Crippen molar-refractivity contribution in [1.82, 2.24) is 5.32 Å². The highest BCUT2D eigenvalue weighted by atomic mass is 16.5. The Hall–Kier alpha value is -1.66. The Labute approximate surface area is 488 Å². The molecule has 3 N–H and O–H groups in total. The van der Waals surface area contributed by atoms with Crippen LogP contribution >= 0.6 is 0 Å². The van der Waals surface area contributed by atoms with Crippen molar-refractivity contribution in [2.45, 2.75) is 411 Å². The topological polar surface area (TPSA) is 95.9 Å². The highest BCUT2D eigenvalue weighted by molar-refractivity contribution is 5.76. The number of hydrogen-bond donors (Lipinski definition) is 3. The number of aliphatic hydroxyl groups is 2. The maximum Gasteiger partial charge on any atom is 0.305 e. The number of nitrogens with one attached hydrogen (secondary N) is 1. The molecule has 0 aliphatic heterocycles. The minimum absolute atomic E-state index is 0.0109. The SMILES string of the molecule is CCCCCCCCC/C=C\CCCCCCCC(=O)OCCCCCCCCCCCCCC/C=C\CCCCCCCCCCCCCCCCCC(=O)NC(CO)C(O)CCCCCCCCCCCCCCCC. The van der Waals surface area contributed by atoms with E-state index in [0.717, 1.165) is 44.9 Å². The molecule has 6 nitrogen and oxygen atoms in total. The van der Waals surface area contributed by atoms with Crippen LogP contribution in [0.5, 0.6) is 0 Å². The number of aliphatic hydroxyl groups excluding tert-OH is 2. The highest BCUT2D eigenvalue weighted by Crippen LogP contribution is 2.19. The third-order valence-electron chi connectivity index (χ3n) is 16.7. The van der Waals surface area contributed by atoms with Crippen LogP contribution in [0.1, 0.15) is 399 Å². The van der Waals surface area contributed by atoms with Crippen LogP contribution in [-0.4, -0.2) is 47.4 Å². The van der Waals surface area contributed by atoms with E-state index < -0.39 is 12.1 Å². The number of unbranched alkanes of at least 4 members (excludes halogenated alkanes) is 52. The number of ether oxygens (including phenoxy) is 1. The summed E-state index contributed by atoms with van der Waals surface area (Å²) in [5, 5.41) is 23.3. The van der Waals surface area contributed by atoms with Gasteiger partial charge in [-0.25, -0.2) is 0 Å². The van der Waals surface area contributed by atoms with E-state index in [1.807, 2.05) is 0 Å². The molecule has 2 atom stereocenters. The van der Waals surface area contributed by atoms with Crippen LogP contribution in [0.4, 0.5) is 0 Å². The van der Waals surface area contributed by atoms with Crippen molar-refractivity contribution >= 4 is 11.9 Å². The highest BCUT2D eigenvalue weighted by Gasteiger charge is 2.20. The van der Waals surface area contributed by atoms with Gasteiger partial charge in [0.25, 0.3) is 0 Å². The minimum atomic E-state index is -0.662. The first kappa shape index (κ1) is 76.3. The zero-order valence-electron chi connectivity index (χ0n) is 52.9. The monoisotopic (exact) mass is 1100 g/mol. The summed E-state index contributed by atoms with van der Waals surface area (Å²) in [4.78, 5) is 24.6. The maximum atomic E-state index is 12.5. The minimum Gasteiger partial charge on any atom is -0.466 e. The predicted octanol–water partition coefficient (Wildman–Crippen LogP) is 22.9. The van der Waals surface area contributed by atoms with Crippen LogP contribution in [-0.2, 0) is 14.3 Å². The summed E-state index contributed by atoms with van der Waals surface area (Å²) < 4.78 is 5.50. The molecule has 2 unspecified atom stereocenters. The van der Waals surface area contributed by atoms with Gasteiger partial charge in [0.1, 0.15) is 0 Å². The Morgan fingerprint density at radius 2 is 0.603 bits per heavy atom. The summed E-state index contributed by atoms with van der Waals surface area (Å²) in [6.45, 7) is 4.98. The van der Waals surface area contributed by atoms with Gasteiger partial charge in [-0.3, -0.25) is 9.59 Å². The molecule has 0 radical (unpaired) electrons. The van der Waals surface area contributed by atoms with Gasteiger partial charge in [0, 0.05) is 12.8 Å². The van der Waals surface area contributed by atoms with E-state index in [1.54, 1.807) is 0 Å².